The van der Waals surface area contributed by atoms with Crippen LogP contribution in [0.4, 0.5) is 0 Å². The second-order valence-electron chi connectivity index (χ2n) is 4.14. The van der Waals surface area contributed by atoms with E-state index in [9.17, 15) is 9.90 Å². The number of hydrogen-bond donors (Lipinski definition) is 1. The van der Waals surface area contributed by atoms with Gasteiger partial charge in [-0.25, -0.2) is 4.79 Å². The third kappa shape index (κ3) is 2.66. The van der Waals surface area contributed by atoms with Crippen molar-refractivity contribution in [1.82, 2.24) is 0 Å². The van der Waals surface area contributed by atoms with E-state index in [0.717, 1.165) is 10.8 Å². The molecule has 0 aliphatic rings. The number of hydrogen-bond acceptors (Lipinski definition) is 3. The summed E-state index contributed by atoms with van der Waals surface area (Å²) in [5.74, 6) is -0.826. The largest absolute Gasteiger partial charge is 0.478 e. The molecule has 0 aliphatic carbocycles. The first-order chi connectivity index (χ1) is 9.15. The molecule has 1 N–H and O–H groups in total. The summed E-state index contributed by atoms with van der Waals surface area (Å²) < 4.78 is 5.47. The first kappa shape index (κ1) is 12.9. The summed E-state index contributed by atoms with van der Waals surface area (Å²) in [6, 6.07) is 12.7. The Morgan fingerprint density at radius 3 is 2.53 bits per heavy atom. The van der Waals surface area contributed by atoms with E-state index in [4.69, 9.17) is 10.00 Å². The van der Waals surface area contributed by atoms with Gasteiger partial charge in [0.2, 0.25) is 0 Å². The maximum Gasteiger partial charge on any atom is 0.339 e. The van der Waals surface area contributed by atoms with Gasteiger partial charge in [0.1, 0.15) is 17.4 Å². The smallest absolute Gasteiger partial charge is 0.339 e. The van der Waals surface area contributed by atoms with Crippen LogP contribution in [0.1, 0.15) is 23.7 Å². The molecule has 2 aromatic rings. The quantitative estimate of drug-likeness (QED) is 0.910. The minimum Gasteiger partial charge on any atom is -0.478 e. The predicted molar refractivity (Wildman–Crippen MR) is 71.2 cm³/mol. The van der Waals surface area contributed by atoms with E-state index >= 15 is 0 Å². The summed E-state index contributed by atoms with van der Waals surface area (Å²) in [6.45, 7) is 1.81. The fraction of sp³-hybridized carbons (Fsp3) is 0.200. The normalized spacial score (nSPS) is 11.8. The van der Waals surface area contributed by atoms with Crippen LogP contribution >= 0.6 is 0 Å². The van der Waals surface area contributed by atoms with E-state index in [-0.39, 0.29) is 11.3 Å². The number of benzene rings is 2. The van der Waals surface area contributed by atoms with Gasteiger partial charge in [0.15, 0.2) is 6.10 Å². The Kier molecular flexibility index (Phi) is 3.67. The molecule has 2 rings (SSSR count). The van der Waals surface area contributed by atoms with Gasteiger partial charge in [0.05, 0.1) is 0 Å². The number of carboxylic acids is 1. The van der Waals surface area contributed by atoms with Crippen molar-refractivity contribution in [2.45, 2.75) is 19.4 Å². The molecular formula is C15H13NO3. The average Bonchev–Trinajstić information content (AvgIpc) is 2.43. The molecule has 0 spiro atoms. The topological polar surface area (TPSA) is 70.3 Å². The lowest BCUT2D eigenvalue weighted by atomic mass is 10.1. The van der Waals surface area contributed by atoms with E-state index in [0.29, 0.717) is 6.42 Å². The van der Waals surface area contributed by atoms with Crippen LogP contribution in [0.15, 0.2) is 36.4 Å². The van der Waals surface area contributed by atoms with Gasteiger partial charge in [-0.15, -0.1) is 0 Å². The van der Waals surface area contributed by atoms with E-state index in [1.807, 2.05) is 37.3 Å². The van der Waals surface area contributed by atoms with Gasteiger partial charge in [-0.1, -0.05) is 31.2 Å². The lowest BCUT2D eigenvalue weighted by molar-refractivity contribution is 0.0691. The van der Waals surface area contributed by atoms with Crippen LogP contribution in [0.2, 0.25) is 0 Å². The third-order valence-electron chi connectivity index (χ3n) is 2.86. The standard InChI is InChI=1S/C15H13NO3/c1-2-12(9-16)19-14-8-11-6-4-3-5-10(11)7-13(14)15(17)18/h3-8,12H,2H2,1H3,(H,17,18). The van der Waals surface area contributed by atoms with E-state index in [2.05, 4.69) is 0 Å². The fourth-order valence-corrected chi connectivity index (χ4v) is 1.84. The highest BCUT2D eigenvalue weighted by Gasteiger charge is 2.16. The van der Waals surface area contributed by atoms with Gasteiger partial charge >= 0.3 is 5.97 Å². The highest BCUT2D eigenvalue weighted by molar-refractivity contribution is 5.97. The molecule has 0 amide bonds. The molecule has 0 aromatic heterocycles. The minimum absolute atomic E-state index is 0.0763. The zero-order valence-electron chi connectivity index (χ0n) is 10.5. The zero-order valence-corrected chi connectivity index (χ0v) is 10.5. The highest BCUT2D eigenvalue weighted by atomic mass is 16.5. The molecule has 96 valence electrons. The fourth-order valence-electron chi connectivity index (χ4n) is 1.84. The molecule has 0 heterocycles. The van der Waals surface area contributed by atoms with Crippen LogP contribution in [-0.2, 0) is 0 Å². The maximum atomic E-state index is 11.3. The van der Waals surface area contributed by atoms with Gasteiger partial charge in [-0.3, -0.25) is 0 Å². The first-order valence-corrected chi connectivity index (χ1v) is 5.98. The van der Waals surface area contributed by atoms with Crippen molar-refractivity contribution < 1.29 is 14.6 Å². The summed E-state index contributed by atoms with van der Waals surface area (Å²) >= 11 is 0. The molecular weight excluding hydrogens is 242 g/mol. The van der Waals surface area contributed by atoms with Crippen LogP contribution < -0.4 is 4.74 Å². The number of nitrogens with zero attached hydrogens (tertiary/aromatic N) is 1. The van der Waals surface area contributed by atoms with Gasteiger partial charge < -0.3 is 9.84 Å². The van der Waals surface area contributed by atoms with E-state index < -0.39 is 12.1 Å². The van der Waals surface area contributed by atoms with E-state index in [1.54, 1.807) is 12.1 Å². The minimum atomic E-state index is -1.06. The molecule has 4 heteroatoms. The number of aromatic carboxylic acids is 1. The van der Waals surface area contributed by atoms with Crippen molar-refractivity contribution in [1.29, 1.82) is 5.26 Å². The Balaban J connectivity index is 2.54. The summed E-state index contributed by atoms with van der Waals surface area (Å²) in [5.41, 5.74) is 0.0763. The van der Waals surface area contributed by atoms with Gasteiger partial charge in [0.25, 0.3) is 0 Å². The highest BCUT2D eigenvalue weighted by Crippen LogP contribution is 2.27. The molecule has 2 aromatic carbocycles. The van der Waals surface area contributed by atoms with Crippen LogP contribution in [0.25, 0.3) is 10.8 Å². The predicted octanol–water partition coefficient (Wildman–Crippen LogP) is 3.22. The lowest BCUT2D eigenvalue weighted by Crippen LogP contribution is -2.14. The van der Waals surface area contributed by atoms with Gasteiger partial charge in [0, 0.05) is 0 Å². The Morgan fingerprint density at radius 2 is 2.00 bits per heavy atom. The number of fused-ring (bicyclic) bond motifs is 1. The molecule has 0 saturated carbocycles. The zero-order chi connectivity index (χ0) is 13.8. The number of rotatable bonds is 4. The van der Waals surface area contributed by atoms with Crippen LogP contribution in [0, 0.1) is 11.3 Å². The molecule has 0 aliphatic heterocycles. The summed E-state index contributed by atoms with van der Waals surface area (Å²) in [7, 11) is 0. The van der Waals surface area contributed by atoms with Crippen molar-refractivity contribution in [3.63, 3.8) is 0 Å². The SMILES string of the molecule is CCC(C#N)Oc1cc2ccccc2cc1C(=O)O. The van der Waals surface area contributed by atoms with Gasteiger partial charge in [-0.2, -0.15) is 5.26 Å². The van der Waals surface area contributed by atoms with Crippen molar-refractivity contribution in [3.05, 3.63) is 42.0 Å². The monoisotopic (exact) mass is 255 g/mol. The van der Waals surface area contributed by atoms with Crippen molar-refractivity contribution in [2.75, 3.05) is 0 Å². The Labute approximate surface area is 110 Å². The Morgan fingerprint density at radius 1 is 1.37 bits per heavy atom. The second-order valence-corrected chi connectivity index (χ2v) is 4.14. The van der Waals surface area contributed by atoms with Crippen molar-refractivity contribution in [3.8, 4) is 11.8 Å². The number of carbonyl (C=O) groups is 1. The average molecular weight is 255 g/mol. The lowest BCUT2D eigenvalue weighted by Gasteiger charge is -2.13. The molecule has 1 unspecified atom stereocenters. The third-order valence-corrected chi connectivity index (χ3v) is 2.86. The Bertz CT molecular complexity index is 658. The molecule has 19 heavy (non-hydrogen) atoms. The van der Waals surface area contributed by atoms with Crippen molar-refractivity contribution >= 4 is 16.7 Å². The molecule has 0 radical (unpaired) electrons. The Hall–Kier alpha value is -2.54. The van der Waals surface area contributed by atoms with Crippen LogP contribution in [0.5, 0.6) is 5.75 Å². The van der Waals surface area contributed by atoms with Crippen LogP contribution in [0.3, 0.4) is 0 Å². The van der Waals surface area contributed by atoms with E-state index in [1.165, 1.54) is 0 Å². The summed E-state index contributed by atoms with van der Waals surface area (Å²) in [4.78, 5) is 11.3. The molecule has 0 fully saturated rings. The number of ether oxygens (including phenoxy) is 1. The molecule has 4 nitrogen and oxygen atoms in total. The summed E-state index contributed by atoms with van der Waals surface area (Å²) in [5, 5.41) is 19.8. The van der Waals surface area contributed by atoms with Crippen LogP contribution in [-0.4, -0.2) is 17.2 Å². The molecule has 0 bridgehead atoms. The number of carboxylic acid groups (broad SMARTS) is 1. The van der Waals surface area contributed by atoms with Gasteiger partial charge in [-0.05, 0) is 29.3 Å². The molecule has 1 atom stereocenters. The first-order valence-electron chi connectivity index (χ1n) is 5.98. The molecule has 0 saturated heterocycles. The number of nitriles is 1. The summed E-state index contributed by atoms with van der Waals surface area (Å²) in [6.07, 6.45) is -0.137. The second kappa shape index (κ2) is 5.40. The van der Waals surface area contributed by atoms with Crippen molar-refractivity contribution in [2.24, 2.45) is 0 Å². The maximum absolute atomic E-state index is 11.3.